The van der Waals surface area contributed by atoms with Gasteiger partial charge in [-0.05, 0) is 88.6 Å². The Bertz CT molecular complexity index is 1010. The summed E-state index contributed by atoms with van der Waals surface area (Å²) in [5.41, 5.74) is 5.52. The monoisotopic (exact) mass is 756 g/mol. The van der Waals surface area contributed by atoms with Crippen LogP contribution in [-0.4, -0.2) is 73.0 Å². The lowest BCUT2D eigenvalue weighted by Crippen LogP contribution is -2.45. The summed E-state index contributed by atoms with van der Waals surface area (Å²) in [6, 6.07) is -0.512. The van der Waals surface area contributed by atoms with Crippen LogP contribution in [0.15, 0.2) is 36.5 Å². The van der Waals surface area contributed by atoms with Crippen molar-refractivity contribution in [2.75, 3.05) is 26.2 Å². The maximum Gasteiger partial charge on any atom is 0.251 e. The number of hydrogen-bond donors (Lipinski definition) is 4. The molecule has 0 fully saturated rings. The van der Waals surface area contributed by atoms with Gasteiger partial charge in [0.15, 0.2) is 0 Å². The highest BCUT2D eigenvalue weighted by Gasteiger charge is 2.28. The van der Waals surface area contributed by atoms with Gasteiger partial charge in [0.25, 0.3) is 5.91 Å². The average molecular weight is 756 g/mol. The Labute approximate surface area is 324 Å². The standard InChI is InChI=1S/C25H49NO3.C13H20N2O2S.C2H6O.C2H6/c1-16(2)10-11-20(8)24(28)15-21(9)23(27)13-12-19(7)22(14-17(3)4)25(29)26-18(5)6;1-4-5-6-7-10(2)13(17)15-11(12(14)16)8-9-18-3;1-3-2;1-2/h16-22,24,28H,10-15H2,1-9H3,(H,26,29);4-7,11H,2,8-9H2,1,3H3,(H2,14,16)(H,15,17);1-2H3;1-2H3/b;5-4-,7-6-;;/t19?,20-,21?,22+,24?;;;/m0.../s1. The molecule has 6 atom stereocenters. The molecule has 4 unspecified atom stereocenters. The third-order valence-corrected chi connectivity index (χ3v) is 8.82. The lowest BCUT2D eigenvalue weighted by molar-refractivity contribution is -0.129. The number of primary amides is 1. The van der Waals surface area contributed by atoms with Gasteiger partial charge in [0, 0.05) is 44.1 Å². The van der Waals surface area contributed by atoms with Gasteiger partial charge in [-0.3, -0.25) is 19.2 Å². The van der Waals surface area contributed by atoms with Crippen molar-refractivity contribution in [2.24, 2.45) is 41.2 Å². The van der Waals surface area contributed by atoms with E-state index in [4.69, 9.17) is 5.73 Å². The van der Waals surface area contributed by atoms with Gasteiger partial charge in [-0.2, -0.15) is 11.8 Å². The van der Waals surface area contributed by atoms with Crippen molar-refractivity contribution in [3.05, 3.63) is 36.5 Å². The molecule has 0 saturated heterocycles. The number of ether oxygens (including phenoxy) is 1. The van der Waals surface area contributed by atoms with Crippen LogP contribution in [0.3, 0.4) is 0 Å². The van der Waals surface area contributed by atoms with E-state index in [0.717, 1.165) is 31.4 Å². The summed E-state index contributed by atoms with van der Waals surface area (Å²) in [5.74, 6) is 1.46. The van der Waals surface area contributed by atoms with Crippen LogP contribution in [0.2, 0.25) is 0 Å². The molecule has 0 aliphatic rings. The second-order valence-electron chi connectivity index (χ2n) is 14.6. The van der Waals surface area contributed by atoms with Crippen LogP contribution >= 0.6 is 11.8 Å². The molecule has 3 amide bonds. The Morgan fingerprint density at radius 3 is 1.83 bits per heavy atom. The molecule has 0 aromatic rings. The van der Waals surface area contributed by atoms with E-state index in [1.54, 1.807) is 44.2 Å². The number of amides is 3. The summed E-state index contributed by atoms with van der Waals surface area (Å²) in [5, 5.41) is 16.1. The first-order chi connectivity index (χ1) is 24.3. The lowest BCUT2D eigenvalue weighted by atomic mass is 9.81. The van der Waals surface area contributed by atoms with Crippen LogP contribution in [0.1, 0.15) is 128 Å². The second-order valence-corrected chi connectivity index (χ2v) is 15.5. The van der Waals surface area contributed by atoms with Crippen LogP contribution in [-0.2, 0) is 23.9 Å². The van der Waals surface area contributed by atoms with Crippen molar-refractivity contribution in [3.8, 4) is 0 Å². The van der Waals surface area contributed by atoms with Crippen LogP contribution in [0.5, 0.6) is 0 Å². The molecule has 0 aromatic heterocycles. The molecule has 9 nitrogen and oxygen atoms in total. The highest BCUT2D eigenvalue weighted by Crippen LogP contribution is 2.27. The number of allylic oxidation sites excluding steroid dienone is 3. The van der Waals surface area contributed by atoms with Gasteiger partial charge >= 0.3 is 0 Å². The Morgan fingerprint density at radius 2 is 1.38 bits per heavy atom. The molecular weight excluding hydrogens is 675 g/mol. The van der Waals surface area contributed by atoms with E-state index < -0.39 is 18.1 Å². The predicted molar refractivity (Wildman–Crippen MR) is 224 cm³/mol. The number of ketones is 1. The SMILES string of the molecule is C=C(/C=C\C=C/C)C(=O)NC(CCSC)C(N)=O.CC.CC(C)CC[C@H](C)C(O)CC(C)C(=O)CCC(C)[C@@H](CC(C)C)C(=O)NC(C)C.COC. The van der Waals surface area contributed by atoms with E-state index in [0.29, 0.717) is 36.7 Å². The number of carbonyl (C=O) groups excluding carboxylic acids is 4. The summed E-state index contributed by atoms with van der Waals surface area (Å²) in [6.07, 6.45) is 13.7. The number of nitrogens with two attached hydrogens (primary N) is 1. The number of methoxy groups -OCH3 is 1. The van der Waals surface area contributed by atoms with Crippen molar-refractivity contribution < 1.29 is 29.0 Å². The maximum atomic E-state index is 12.7. The third-order valence-electron chi connectivity index (χ3n) is 8.18. The predicted octanol–water partition coefficient (Wildman–Crippen LogP) is 8.31. The van der Waals surface area contributed by atoms with Crippen molar-refractivity contribution in [2.45, 2.75) is 146 Å². The zero-order valence-electron chi connectivity index (χ0n) is 35.8. The summed E-state index contributed by atoms with van der Waals surface area (Å²) in [4.78, 5) is 48.1. The van der Waals surface area contributed by atoms with Crippen LogP contribution < -0.4 is 16.4 Å². The fraction of sp³-hybridized carbons (Fsp3) is 0.762. The first-order valence-electron chi connectivity index (χ1n) is 19.3. The molecule has 0 saturated carbocycles. The molecule has 0 radical (unpaired) electrons. The number of rotatable bonds is 23. The van der Waals surface area contributed by atoms with E-state index >= 15 is 0 Å². The molecule has 0 spiro atoms. The fourth-order valence-corrected chi connectivity index (χ4v) is 5.43. The van der Waals surface area contributed by atoms with Gasteiger partial charge < -0.3 is 26.2 Å². The van der Waals surface area contributed by atoms with E-state index in [9.17, 15) is 24.3 Å². The number of hydrogen-bond acceptors (Lipinski definition) is 7. The summed E-state index contributed by atoms with van der Waals surface area (Å²) in [7, 11) is 3.25. The van der Waals surface area contributed by atoms with Gasteiger partial charge in [0.05, 0.1) is 6.10 Å². The normalized spacial score (nSPS) is 14.5. The van der Waals surface area contributed by atoms with Gasteiger partial charge in [-0.15, -0.1) is 0 Å². The van der Waals surface area contributed by atoms with Crippen molar-refractivity contribution in [1.29, 1.82) is 0 Å². The number of carbonyl (C=O) groups is 4. The minimum atomic E-state index is -0.642. The molecule has 0 aliphatic carbocycles. The van der Waals surface area contributed by atoms with Gasteiger partial charge in [-0.25, -0.2) is 0 Å². The number of nitrogens with one attached hydrogen (secondary N) is 2. The van der Waals surface area contributed by atoms with Crippen LogP contribution in [0.25, 0.3) is 0 Å². The number of Topliss-reactive ketones (excluding diaryl/α,β-unsaturated/α-hetero) is 1. The van der Waals surface area contributed by atoms with Gasteiger partial charge in [0.2, 0.25) is 11.8 Å². The maximum absolute atomic E-state index is 12.7. The Kier molecular flexibility index (Phi) is 38.5. The van der Waals surface area contributed by atoms with Crippen molar-refractivity contribution >= 4 is 35.3 Å². The molecule has 0 heterocycles. The zero-order chi connectivity index (χ0) is 41.4. The van der Waals surface area contributed by atoms with Crippen LogP contribution in [0.4, 0.5) is 0 Å². The Balaban J connectivity index is -0.000000427. The molecule has 0 rings (SSSR count). The molecule has 0 aromatic carbocycles. The molecular formula is C42H81N3O6S. The molecule has 52 heavy (non-hydrogen) atoms. The zero-order valence-corrected chi connectivity index (χ0v) is 36.7. The first kappa shape index (κ1) is 56.3. The fourth-order valence-electron chi connectivity index (χ4n) is 4.96. The number of aliphatic hydroxyl groups excluding tert-OH is 1. The van der Waals surface area contributed by atoms with Gasteiger partial charge in [0.1, 0.15) is 11.8 Å². The van der Waals surface area contributed by atoms with Crippen molar-refractivity contribution in [3.63, 3.8) is 0 Å². The minimum absolute atomic E-state index is 0.0536. The molecule has 10 heteroatoms. The smallest absolute Gasteiger partial charge is 0.251 e. The second kappa shape index (κ2) is 35.6. The number of thioether (sulfide) groups is 1. The van der Waals surface area contributed by atoms with E-state index in [1.165, 1.54) is 0 Å². The highest BCUT2D eigenvalue weighted by atomic mass is 32.2. The first-order valence-corrected chi connectivity index (χ1v) is 20.7. The minimum Gasteiger partial charge on any atom is -0.393 e. The Morgan fingerprint density at radius 1 is 0.827 bits per heavy atom. The topological polar surface area (TPSA) is 148 Å². The third kappa shape index (κ3) is 32.2. The quantitative estimate of drug-likeness (QED) is 0.0606. The summed E-state index contributed by atoms with van der Waals surface area (Å²) < 4.78 is 4.25. The lowest BCUT2D eigenvalue weighted by Gasteiger charge is -2.26. The van der Waals surface area contributed by atoms with E-state index in [-0.39, 0.29) is 47.3 Å². The molecule has 0 bridgehead atoms. The average Bonchev–Trinajstić information content (AvgIpc) is 3.07. The van der Waals surface area contributed by atoms with Crippen LogP contribution in [0, 0.1) is 35.5 Å². The highest BCUT2D eigenvalue weighted by molar-refractivity contribution is 7.98. The molecule has 5 N–H and O–H groups in total. The summed E-state index contributed by atoms with van der Waals surface area (Å²) in [6.45, 7) is 28.2. The van der Waals surface area contributed by atoms with E-state index in [2.05, 4.69) is 63.5 Å². The Hall–Kier alpha value is -2.43. The largest absolute Gasteiger partial charge is 0.393 e. The van der Waals surface area contributed by atoms with Gasteiger partial charge in [-0.1, -0.05) is 99.6 Å². The summed E-state index contributed by atoms with van der Waals surface area (Å²) >= 11 is 1.60. The van der Waals surface area contributed by atoms with Crippen molar-refractivity contribution in [1.82, 2.24) is 10.6 Å². The number of aliphatic hydroxyl groups is 1. The van der Waals surface area contributed by atoms with E-state index in [1.807, 2.05) is 53.9 Å². The molecule has 306 valence electrons. The molecule has 0 aliphatic heterocycles.